The van der Waals surface area contributed by atoms with Gasteiger partial charge in [-0.15, -0.1) is 0 Å². The lowest BCUT2D eigenvalue weighted by Gasteiger charge is -2.32. The number of hydrogen-bond donors (Lipinski definition) is 1. The molecular weight excluding hydrogens is 573 g/mol. The van der Waals surface area contributed by atoms with Crippen molar-refractivity contribution in [1.82, 2.24) is 10.2 Å². The Morgan fingerprint density at radius 2 is 1.60 bits per heavy atom. The number of halogens is 2. The second-order valence-electron chi connectivity index (χ2n) is 9.25. The molecule has 40 heavy (non-hydrogen) atoms. The number of carbonyl (C=O) groups excluding carboxylic acids is 2. The number of nitrogens with zero attached hydrogens (tertiary/aromatic N) is 2. The lowest BCUT2D eigenvalue weighted by Crippen LogP contribution is -2.52. The highest BCUT2D eigenvalue weighted by Gasteiger charge is 2.33. The van der Waals surface area contributed by atoms with Crippen molar-refractivity contribution in [2.45, 2.75) is 50.7 Å². The van der Waals surface area contributed by atoms with Gasteiger partial charge in [-0.1, -0.05) is 66.5 Å². The third kappa shape index (κ3) is 7.47. The Morgan fingerprint density at radius 3 is 2.20 bits per heavy atom. The summed E-state index contributed by atoms with van der Waals surface area (Å²) in [6.45, 7) is 4.81. The Bertz CT molecular complexity index is 1440. The summed E-state index contributed by atoms with van der Waals surface area (Å²) >= 11 is 12.7. The van der Waals surface area contributed by atoms with Gasteiger partial charge < -0.3 is 15.0 Å². The van der Waals surface area contributed by atoms with Crippen molar-refractivity contribution in [3.63, 3.8) is 0 Å². The first-order valence-electron chi connectivity index (χ1n) is 12.7. The highest BCUT2D eigenvalue weighted by atomic mass is 35.5. The molecule has 0 aliphatic carbocycles. The molecule has 214 valence electrons. The smallest absolute Gasteiger partial charge is 0.264 e. The zero-order valence-corrected chi connectivity index (χ0v) is 25.1. The predicted octanol–water partition coefficient (Wildman–Crippen LogP) is 5.53. The van der Waals surface area contributed by atoms with Gasteiger partial charge in [0.2, 0.25) is 11.8 Å². The normalized spacial score (nSPS) is 12.8. The number of anilines is 1. The number of hydrogen-bond acceptors (Lipinski definition) is 5. The molecule has 0 saturated heterocycles. The quantitative estimate of drug-likeness (QED) is 0.293. The highest BCUT2D eigenvalue weighted by Crippen LogP contribution is 2.32. The number of sulfonamides is 1. The van der Waals surface area contributed by atoms with E-state index in [0.29, 0.717) is 22.8 Å². The number of ether oxygens (including phenoxy) is 1. The van der Waals surface area contributed by atoms with Crippen LogP contribution >= 0.6 is 23.2 Å². The van der Waals surface area contributed by atoms with Gasteiger partial charge in [0, 0.05) is 17.6 Å². The van der Waals surface area contributed by atoms with Crippen LogP contribution in [0, 0.1) is 0 Å². The fraction of sp³-hybridized carbons (Fsp3) is 0.310. The van der Waals surface area contributed by atoms with Gasteiger partial charge in [0.15, 0.2) is 0 Å². The second-order valence-corrected chi connectivity index (χ2v) is 11.9. The van der Waals surface area contributed by atoms with E-state index in [1.54, 1.807) is 49.4 Å². The summed E-state index contributed by atoms with van der Waals surface area (Å²) in [7, 11) is -2.76. The monoisotopic (exact) mass is 605 g/mol. The third-order valence-corrected chi connectivity index (χ3v) is 8.95. The number of methoxy groups -OCH3 is 1. The molecule has 0 saturated carbocycles. The number of carbonyl (C=O) groups is 2. The van der Waals surface area contributed by atoms with E-state index in [9.17, 15) is 18.0 Å². The maximum Gasteiger partial charge on any atom is 0.264 e. The van der Waals surface area contributed by atoms with E-state index < -0.39 is 28.5 Å². The Labute approximate surface area is 245 Å². The van der Waals surface area contributed by atoms with Crippen LogP contribution < -0.4 is 14.4 Å². The topological polar surface area (TPSA) is 96.0 Å². The van der Waals surface area contributed by atoms with Crippen LogP contribution in [0.25, 0.3) is 0 Å². The lowest BCUT2D eigenvalue weighted by atomic mass is 10.1. The van der Waals surface area contributed by atoms with E-state index in [2.05, 4.69) is 5.32 Å². The van der Waals surface area contributed by atoms with E-state index in [1.165, 1.54) is 42.3 Å². The molecule has 0 unspecified atom stereocenters. The molecule has 8 nitrogen and oxygen atoms in total. The van der Waals surface area contributed by atoms with Crippen LogP contribution in [0.4, 0.5) is 5.69 Å². The molecule has 0 aromatic heterocycles. The molecule has 1 N–H and O–H groups in total. The minimum atomic E-state index is -4.21. The van der Waals surface area contributed by atoms with E-state index in [1.807, 2.05) is 13.8 Å². The molecule has 3 aromatic carbocycles. The Kier molecular flexibility index (Phi) is 10.8. The summed E-state index contributed by atoms with van der Waals surface area (Å²) in [5, 5.41) is 3.49. The molecule has 0 spiro atoms. The summed E-state index contributed by atoms with van der Waals surface area (Å²) in [6, 6.07) is 18.2. The van der Waals surface area contributed by atoms with Gasteiger partial charge in [0.05, 0.1) is 22.7 Å². The zero-order valence-electron chi connectivity index (χ0n) is 22.8. The van der Waals surface area contributed by atoms with E-state index >= 15 is 0 Å². The Morgan fingerprint density at radius 1 is 0.950 bits per heavy atom. The molecule has 3 aromatic rings. The summed E-state index contributed by atoms with van der Waals surface area (Å²) in [5.74, 6) is -0.609. The van der Waals surface area contributed by atoms with Gasteiger partial charge in [-0.3, -0.25) is 13.9 Å². The molecule has 3 rings (SSSR count). The number of benzene rings is 3. The molecule has 0 aliphatic heterocycles. The fourth-order valence-electron chi connectivity index (χ4n) is 3.92. The molecule has 0 radical (unpaired) electrons. The first-order valence-corrected chi connectivity index (χ1v) is 14.9. The molecule has 0 aliphatic rings. The molecule has 0 fully saturated rings. The SMILES string of the molecule is CC[C@H](C)NC(=O)[C@H](C)N(Cc1ccccc1Cl)C(=O)CN(c1ccc(OC)c(Cl)c1)S(=O)(=O)c1ccccc1. The minimum Gasteiger partial charge on any atom is -0.495 e. The van der Waals surface area contributed by atoms with Crippen LogP contribution in [0.15, 0.2) is 77.7 Å². The largest absolute Gasteiger partial charge is 0.495 e. The van der Waals surface area contributed by atoms with Crippen molar-refractivity contribution in [2.24, 2.45) is 0 Å². The molecule has 2 amide bonds. The van der Waals surface area contributed by atoms with Crippen LogP contribution in [0.3, 0.4) is 0 Å². The van der Waals surface area contributed by atoms with Gasteiger partial charge in [0.25, 0.3) is 10.0 Å². The maximum atomic E-state index is 14.0. The summed E-state index contributed by atoms with van der Waals surface area (Å²) < 4.78 is 33.9. The second kappa shape index (κ2) is 13.9. The highest BCUT2D eigenvalue weighted by molar-refractivity contribution is 7.92. The predicted molar refractivity (Wildman–Crippen MR) is 158 cm³/mol. The number of amides is 2. The van der Waals surface area contributed by atoms with E-state index in [0.717, 1.165) is 4.31 Å². The molecule has 0 heterocycles. The Hall–Kier alpha value is -3.27. The van der Waals surface area contributed by atoms with E-state index in [4.69, 9.17) is 27.9 Å². The standard InChI is InChI=1S/C29H33Cl2N3O5S/c1-5-20(2)32-29(36)21(3)33(18-22-11-9-10-14-25(22)30)28(35)19-34(23-15-16-27(39-4)26(31)17-23)40(37,38)24-12-7-6-8-13-24/h6-17,20-21H,5,18-19H2,1-4H3,(H,32,36)/t20-,21-/m0/s1. The zero-order chi connectivity index (χ0) is 29.4. The molecular formula is C29H33Cl2N3O5S. The maximum absolute atomic E-state index is 14.0. The van der Waals surface area contributed by atoms with Crippen LogP contribution in [0.2, 0.25) is 10.0 Å². The molecule has 11 heteroatoms. The van der Waals surface area contributed by atoms with Crippen molar-refractivity contribution in [1.29, 1.82) is 0 Å². The van der Waals surface area contributed by atoms with Gasteiger partial charge in [0.1, 0.15) is 18.3 Å². The molecule has 2 atom stereocenters. The Balaban J connectivity index is 2.06. The number of rotatable bonds is 12. The average molecular weight is 607 g/mol. The summed E-state index contributed by atoms with van der Waals surface area (Å²) in [4.78, 5) is 28.4. The van der Waals surface area contributed by atoms with Crippen LogP contribution in [-0.4, -0.2) is 50.9 Å². The average Bonchev–Trinajstić information content (AvgIpc) is 2.95. The molecule has 0 bridgehead atoms. The van der Waals surface area contributed by atoms with Gasteiger partial charge in [-0.25, -0.2) is 8.42 Å². The van der Waals surface area contributed by atoms with Crippen LogP contribution in [-0.2, 0) is 26.2 Å². The van der Waals surface area contributed by atoms with Crippen molar-refractivity contribution >= 4 is 50.7 Å². The van der Waals surface area contributed by atoms with Crippen LogP contribution in [0.5, 0.6) is 5.75 Å². The number of nitrogens with one attached hydrogen (secondary N) is 1. The van der Waals surface area contributed by atoms with Gasteiger partial charge in [-0.2, -0.15) is 0 Å². The van der Waals surface area contributed by atoms with Crippen molar-refractivity contribution < 1.29 is 22.7 Å². The summed E-state index contributed by atoms with van der Waals surface area (Å²) in [6.07, 6.45) is 0.707. The third-order valence-electron chi connectivity index (χ3n) is 6.50. The van der Waals surface area contributed by atoms with Gasteiger partial charge >= 0.3 is 0 Å². The van der Waals surface area contributed by atoms with Gasteiger partial charge in [-0.05, 0) is 62.2 Å². The lowest BCUT2D eigenvalue weighted by molar-refractivity contribution is -0.139. The first-order chi connectivity index (χ1) is 19.0. The van der Waals surface area contributed by atoms with Crippen molar-refractivity contribution in [3.8, 4) is 5.75 Å². The summed E-state index contributed by atoms with van der Waals surface area (Å²) in [5.41, 5.74) is 0.781. The van der Waals surface area contributed by atoms with E-state index in [-0.39, 0.29) is 34.1 Å². The fourth-order valence-corrected chi connectivity index (χ4v) is 5.79. The van der Waals surface area contributed by atoms with Crippen molar-refractivity contribution in [3.05, 3.63) is 88.4 Å². The first kappa shape index (κ1) is 31.3. The minimum absolute atomic E-state index is 0.00378. The van der Waals surface area contributed by atoms with Crippen LogP contribution in [0.1, 0.15) is 32.8 Å². The van der Waals surface area contributed by atoms with Crippen molar-refractivity contribution in [2.75, 3.05) is 18.0 Å².